The molecule has 16 heavy (non-hydrogen) atoms. The van der Waals surface area contributed by atoms with Crippen LogP contribution < -0.4 is 10.6 Å². The Labute approximate surface area is 98.1 Å². The molecule has 94 valence electrons. The highest BCUT2D eigenvalue weighted by molar-refractivity contribution is 7.91. The molecule has 0 aromatic heterocycles. The molecule has 0 aliphatic carbocycles. The van der Waals surface area contributed by atoms with Gasteiger partial charge in [0.2, 0.25) is 0 Å². The first-order valence-electron chi connectivity index (χ1n) is 6.30. The molecule has 2 saturated heterocycles. The summed E-state index contributed by atoms with van der Waals surface area (Å²) in [6, 6.07) is 0.209. The molecule has 0 saturated carbocycles. The summed E-state index contributed by atoms with van der Waals surface area (Å²) in [5.74, 6) is 1.44. The molecular weight excluding hydrogens is 224 g/mol. The van der Waals surface area contributed by atoms with Gasteiger partial charge in [-0.2, -0.15) is 0 Å². The van der Waals surface area contributed by atoms with Gasteiger partial charge in [0.15, 0.2) is 9.84 Å². The minimum absolute atomic E-state index is 0.209. The van der Waals surface area contributed by atoms with Crippen molar-refractivity contribution in [1.82, 2.24) is 10.6 Å². The molecule has 2 atom stereocenters. The number of nitrogens with one attached hydrogen (secondary N) is 2. The summed E-state index contributed by atoms with van der Waals surface area (Å²) in [6.07, 6.45) is 4.52. The summed E-state index contributed by atoms with van der Waals surface area (Å²) >= 11 is 0. The molecule has 5 heteroatoms. The predicted molar refractivity (Wildman–Crippen MR) is 65.3 cm³/mol. The number of sulfone groups is 1. The van der Waals surface area contributed by atoms with Crippen molar-refractivity contribution in [3.05, 3.63) is 0 Å². The van der Waals surface area contributed by atoms with Crippen LogP contribution in [-0.4, -0.2) is 45.6 Å². The Balaban J connectivity index is 1.71. The van der Waals surface area contributed by atoms with E-state index in [1.165, 1.54) is 19.3 Å². The molecular formula is C11H22N2O2S. The van der Waals surface area contributed by atoms with Gasteiger partial charge in [0.1, 0.15) is 0 Å². The molecule has 0 radical (unpaired) electrons. The van der Waals surface area contributed by atoms with E-state index in [9.17, 15) is 8.42 Å². The summed E-state index contributed by atoms with van der Waals surface area (Å²) in [5.41, 5.74) is 0. The van der Waals surface area contributed by atoms with E-state index in [4.69, 9.17) is 0 Å². The molecule has 4 nitrogen and oxygen atoms in total. The van der Waals surface area contributed by atoms with E-state index in [0.717, 1.165) is 32.0 Å². The Morgan fingerprint density at radius 1 is 1.19 bits per heavy atom. The van der Waals surface area contributed by atoms with Gasteiger partial charge in [0.05, 0.1) is 11.5 Å². The Kier molecular flexibility index (Phi) is 4.21. The standard InChI is InChI=1S/C11H22N2O2S/c14-16(15)7-4-11(9-16)13-8-10-2-1-5-12-6-3-10/h10-13H,1-9H2. The zero-order valence-corrected chi connectivity index (χ0v) is 10.6. The highest BCUT2D eigenvalue weighted by atomic mass is 32.2. The molecule has 2 N–H and O–H groups in total. The highest BCUT2D eigenvalue weighted by Crippen LogP contribution is 2.15. The monoisotopic (exact) mass is 246 g/mol. The van der Waals surface area contributed by atoms with Crippen LogP contribution in [0.3, 0.4) is 0 Å². The smallest absolute Gasteiger partial charge is 0.151 e. The van der Waals surface area contributed by atoms with Crippen LogP contribution in [0.25, 0.3) is 0 Å². The highest BCUT2D eigenvalue weighted by Gasteiger charge is 2.27. The van der Waals surface area contributed by atoms with Crippen LogP contribution in [-0.2, 0) is 9.84 Å². The van der Waals surface area contributed by atoms with E-state index in [-0.39, 0.29) is 6.04 Å². The quantitative estimate of drug-likeness (QED) is 0.744. The number of hydrogen-bond donors (Lipinski definition) is 2. The number of hydrogen-bond acceptors (Lipinski definition) is 4. The molecule has 2 heterocycles. The van der Waals surface area contributed by atoms with Crippen LogP contribution in [0.5, 0.6) is 0 Å². The Morgan fingerprint density at radius 2 is 2.06 bits per heavy atom. The summed E-state index contributed by atoms with van der Waals surface area (Å²) in [4.78, 5) is 0. The fourth-order valence-electron chi connectivity index (χ4n) is 2.58. The van der Waals surface area contributed by atoms with E-state index in [0.29, 0.717) is 11.5 Å². The van der Waals surface area contributed by atoms with Crippen molar-refractivity contribution in [1.29, 1.82) is 0 Å². The van der Waals surface area contributed by atoms with Crippen LogP contribution in [0.4, 0.5) is 0 Å². The maximum absolute atomic E-state index is 11.3. The summed E-state index contributed by atoms with van der Waals surface area (Å²) in [6.45, 7) is 3.23. The van der Waals surface area contributed by atoms with Gasteiger partial charge in [-0.1, -0.05) is 0 Å². The molecule has 0 amide bonds. The van der Waals surface area contributed by atoms with Gasteiger partial charge in [-0.25, -0.2) is 8.42 Å². The topological polar surface area (TPSA) is 58.2 Å². The van der Waals surface area contributed by atoms with Crippen molar-refractivity contribution in [2.45, 2.75) is 31.7 Å². The maximum Gasteiger partial charge on any atom is 0.151 e. The van der Waals surface area contributed by atoms with Gasteiger partial charge in [-0.3, -0.25) is 0 Å². The van der Waals surface area contributed by atoms with Crippen molar-refractivity contribution in [3.63, 3.8) is 0 Å². The fraction of sp³-hybridized carbons (Fsp3) is 1.00. The molecule has 0 aromatic carbocycles. The molecule has 0 spiro atoms. The first kappa shape index (κ1) is 12.3. The molecule has 0 aromatic rings. The lowest BCUT2D eigenvalue weighted by atomic mass is 10.0. The molecule has 2 fully saturated rings. The largest absolute Gasteiger partial charge is 0.317 e. The zero-order valence-electron chi connectivity index (χ0n) is 9.74. The van der Waals surface area contributed by atoms with E-state index in [1.54, 1.807) is 0 Å². The normalized spacial score (nSPS) is 34.8. The third kappa shape index (κ3) is 3.71. The maximum atomic E-state index is 11.3. The van der Waals surface area contributed by atoms with Crippen LogP contribution in [0.15, 0.2) is 0 Å². The first-order chi connectivity index (χ1) is 7.66. The number of rotatable bonds is 3. The second-order valence-corrected chi connectivity index (χ2v) is 7.28. The van der Waals surface area contributed by atoms with E-state index in [1.807, 2.05) is 0 Å². The molecule has 2 rings (SSSR count). The van der Waals surface area contributed by atoms with Crippen LogP contribution in [0.1, 0.15) is 25.7 Å². The third-order valence-electron chi connectivity index (χ3n) is 3.62. The Bertz CT molecular complexity index is 308. The molecule has 0 bridgehead atoms. The van der Waals surface area contributed by atoms with Crippen LogP contribution >= 0.6 is 0 Å². The van der Waals surface area contributed by atoms with Crippen molar-refractivity contribution < 1.29 is 8.42 Å². The Hall–Kier alpha value is -0.130. The van der Waals surface area contributed by atoms with Crippen molar-refractivity contribution in [3.8, 4) is 0 Å². The van der Waals surface area contributed by atoms with Crippen molar-refractivity contribution in [2.75, 3.05) is 31.1 Å². The van der Waals surface area contributed by atoms with E-state index >= 15 is 0 Å². The SMILES string of the molecule is O=S1(=O)CCC(NCC2CCCNCC2)C1. The van der Waals surface area contributed by atoms with Crippen LogP contribution in [0, 0.1) is 5.92 Å². The average molecular weight is 246 g/mol. The van der Waals surface area contributed by atoms with Gasteiger partial charge in [0, 0.05) is 6.04 Å². The molecule has 2 aliphatic rings. The molecule has 2 unspecified atom stereocenters. The lowest BCUT2D eigenvalue weighted by Gasteiger charge is -2.17. The van der Waals surface area contributed by atoms with E-state index in [2.05, 4.69) is 10.6 Å². The first-order valence-corrected chi connectivity index (χ1v) is 8.12. The lowest BCUT2D eigenvalue weighted by molar-refractivity contribution is 0.408. The molecule has 2 aliphatic heterocycles. The van der Waals surface area contributed by atoms with Crippen molar-refractivity contribution in [2.24, 2.45) is 5.92 Å². The second-order valence-electron chi connectivity index (χ2n) is 5.06. The van der Waals surface area contributed by atoms with Gasteiger partial charge in [-0.15, -0.1) is 0 Å². The third-order valence-corrected chi connectivity index (χ3v) is 5.39. The predicted octanol–water partition coefficient (Wildman–Crippen LogP) is 0.153. The van der Waals surface area contributed by atoms with Gasteiger partial charge in [0.25, 0.3) is 0 Å². The summed E-state index contributed by atoms with van der Waals surface area (Å²) in [5, 5.41) is 6.82. The van der Waals surface area contributed by atoms with Gasteiger partial charge < -0.3 is 10.6 Å². The van der Waals surface area contributed by atoms with E-state index < -0.39 is 9.84 Å². The zero-order chi connectivity index (χ0) is 11.4. The Morgan fingerprint density at radius 3 is 2.81 bits per heavy atom. The minimum Gasteiger partial charge on any atom is -0.317 e. The van der Waals surface area contributed by atoms with Crippen LogP contribution in [0.2, 0.25) is 0 Å². The lowest BCUT2D eigenvalue weighted by Crippen LogP contribution is -2.34. The average Bonchev–Trinajstić information content (AvgIpc) is 2.47. The summed E-state index contributed by atoms with van der Waals surface area (Å²) in [7, 11) is -2.73. The van der Waals surface area contributed by atoms with Gasteiger partial charge in [-0.05, 0) is 51.2 Å². The summed E-state index contributed by atoms with van der Waals surface area (Å²) < 4.78 is 22.6. The van der Waals surface area contributed by atoms with Gasteiger partial charge >= 0.3 is 0 Å². The fourth-order valence-corrected chi connectivity index (χ4v) is 4.29. The minimum atomic E-state index is -2.73. The second kappa shape index (κ2) is 5.47. The van der Waals surface area contributed by atoms with Crippen molar-refractivity contribution >= 4 is 9.84 Å².